The third-order valence-electron chi connectivity index (χ3n) is 4.63. The van der Waals surface area contributed by atoms with Crippen LogP contribution in [0.3, 0.4) is 0 Å². The van der Waals surface area contributed by atoms with Crippen molar-refractivity contribution in [1.82, 2.24) is 4.72 Å². The van der Waals surface area contributed by atoms with Gasteiger partial charge in [0, 0.05) is 17.3 Å². The highest BCUT2D eigenvalue weighted by Gasteiger charge is 2.35. The molecule has 1 aliphatic heterocycles. The summed E-state index contributed by atoms with van der Waals surface area (Å²) in [5, 5.41) is 0.396. The molecule has 0 unspecified atom stereocenters. The van der Waals surface area contributed by atoms with Crippen LogP contribution in [-0.4, -0.2) is 26.9 Å². The van der Waals surface area contributed by atoms with Gasteiger partial charge in [-0.15, -0.1) is 0 Å². The zero-order valence-electron chi connectivity index (χ0n) is 14.7. The fourth-order valence-corrected chi connectivity index (χ4v) is 4.70. The van der Waals surface area contributed by atoms with Crippen molar-refractivity contribution in [3.05, 3.63) is 64.2 Å². The van der Waals surface area contributed by atoms with E-state index in [1.165, 1.54) is 0 Å². The minimum absolute atomic E-state index is 0.226. The maximum absolute atomic E-state index is 12.7. The number of rotatable bonds is 5. The second-order valence-corrected chi connectivity index (χ2v) is 8.73. The molecular formula is C19H21ClN2O3S. The van der Waals surface area contributed by atoms with E-state index in [1.807, 2.05) is 32.0 Å². The molecule has 1 amide bonds. The molecule has 1 atom stereocenters. The summed E-state index contributed by atoms with van der Waals surface area (Å²) in [7, 11) is -3.68. The Bertz CT molecular complexity index is 944. The van der Waals surface area contributed by atoms with Crippen LogP contribution in [0.4, 0.5) is 5.69 Å². The lowest BCUT2D eigenvalue weighted by Crippen LogP contribution is -2.42. The van der Waals surface area contributed by atoms with Gasteiger partial charge in [-0.1, -0.05) is 35.9 Å². The first-order valence-electron chi connectivity index (χ1n) is 8.39. The third kappa shape index (κ3) is 4.09. The van der Waals surface area contributed by atoms with Gasteiger partial charge in [-0.05, 0) is 55.2 Å². The minimum Gasteiger partial charge on any atom is -0.311 e. The lowest BCUT2D eigenvalue weighted by atomic mass is 10.1. The molecular weight excluding hydrogens is 372 g/mol. The van der Waals surface area contributed by atoms with Crippen molar-refractivity contribution in [1.29, 1.82) is 0 Å². The molecule has 0 radical (unpaired) electrons. The Hall–Kier alpha value is -1.89. The summed E-state index contributed by atoms with van der Waals surface area (Å²) in [6, 6.07) is 11.9. The standard InChI is InChI=1S/C19H21ClN2O3S/c1-13-7-8-16(11-14(13)2)22-10-9-18(19(22)23)21-26(24,25)12-15-5-3-4-6-17(15)20/h3-8,11,18,21H,9-10,12H2,1-2H3/t18-/m1/s1. The number of nitrogens with one attached hydrogen (secondary N) is 1. The Morgan fingerprint density at radius 2 is 1.88 bits per heavy atom. The van der Waals surface area contributed by atoms with E-state index in [0.717, 1.165) is 16.8 Å². The second-order valence-electron chi connectivity index (χ2n) is 6.57. The van der Waals surface area contributed by atoms with E-state index >= 15 is 0 Å². The van der Waals surface area contributed by atoms with Crippen LogP contribution in [0.25, 0.3) is 0 Å². The van der Waals surface area contributed by atoms with Gasteiger partial charge >= 0.3 is 0 Å². The van der Waals surface area contributed by atoms with E-state index in [-0.39, 0.29) is 11.7 Å². The van der Waals surface area contributed by atoms with E-state index < -0.39 is 16.1 Å². The molecule has 0 aliphatic carbocycles. The lowest BCUT2D eigenvalue weighted by Gasteiger charge is -2.18. The second kappa shape index (κ2) is 7.39. The molecule has 2 aromatic carbocycles. The van der Waals surface area contributed by atoms with Crippen molar-refractivity contribution in [2.75, 3.05) is 11.4 Å². The van der Waals surface area contributed by atoms with Gasteiger partial charge < -0.3 is 4.90 Å². The number of halogens is 1. The van der Waals surface area contributed by atoms with Crippen molar-refractivity contribution in [2.45, 2.75) is 32.1 Å². The van der Waals surface area contributed by atoms with Crippen LogP contribution < -0.4 is 9.62 Å². The summed E-state index contributed by atoms with van der Waals surface area (Å²) in [6.07, 6.45) is 0.438. The van der Waals surface area contributed by atoms with Crippen molar-refractivity contribution in [2.24, 2.45) is 0 Å². The smallest absolute Gasteiger partial charge is 0.245 e. The van der Waals surface area contributed by atoms with Gasteiger partial charge in [-0.2, -0.15) is 0 Å². The monoisotopic (exact) mass is 392 g/mol. The normalized spacial score (nSPS) is 17.7. The van der Waals surface area contributed by atoms with Crippen LogP contribution in [0.5, 0.6) is 0 Å². The van der Waals surface area contributed by atoms with E-state index in [9.17, 15) is 13.2 Å². The van der Waals surface area contributed by atoms with Gasteiger partial charge in [0.25, 0.3) is 0 Å². The molecule has 1 saturated heterocycles. The summed E-state index contributed by atoms with van der Waals surface area (Å²) in [4.78, 5) is 14.3. The Morgan fingerprint density at radius 1 is 1.15 bits per heavy atom. The number of carbonyl (C=O) groups excluding carboxylic acids is 1. The first-order valence-corrected chi connectivity index (χ1v) is 10.4. The van der Waals surface area contributed by atoms with E-state index in [4.69, 9.17) is 11.6 Å². The van der Waals surface area contributed by atoms with Crippen molar-refractivity contribution in [3.8, 4) is 0 Å². The molecule has 0 bridgehead atoms. The van der Waals surface area contributed by atoms with Gasteiger partial charge in [0.1, 0.15) is 6.04 Å². The SMILES string of the molecule is Cc1ccc(N2CC[C@@H](NS(=O)(=O)Cc3ccccc3Cl)C2=O)cc1C. The van der Waals surface area contributed by atoms with Crippen molar-refractivity contribution >= 4 is 33.2 Å². The molecule has 3 rings (SSSR count). The minimum atomic E-state index is -3.68. The maximum atomic E-state index is 12.7. The predicted octanol–water partition coefficient (Wildman–Crippen LogP) is 3.18. The van der Waals surface area contributed by atoms with Crippen LogP contribution in [0, 0.1) is 13.8 Å². The highest BCUT2D eigenvalue weighted by molar-refractivity contribution is 7.88. The molecule has 0 spiro atoms. The maximum Gasteiger partial charge on any atom is 0.245 e. The van der Waals surface area contributed by atoms with Gasteiger partial charge in [-0.3, -0.25) is 4.79 Å². The Morgan fingerprint density at radius 3 is 2.58 bits per heavy atom. The lowest BCUT2D eigenvalue weighted by molar-refractivity contribution is -0.118. The van der Waals surface area contributed by atoms with Crippen LogP contribution in [-0.2, 0) is 20.6 Å². The summed E-state index contributed by atoms with van der Waals surface area (Å²) >= 11 is 6.04. The Kier molecular flexibility index (Phi) is 5.37. The number of anilines is 1. The van der Waals surface area contributed by atoms with Crippen LogP contribution in [0.2, 0.25) is 5.02 Å². The largest absolute Gasteiger partial charge is 0.311 e. The molecule has 26 heavy (non-hydrogen) atoms. The quantitative estimate of drug-likeness (QED) is 0.849. The van der Waals surface area contributed by atoms with Crippen molar-refractivity contribution in [3.63, 3.8) is 0 Å². The zero-order chi connectivity index (χ0) is 18.9. The summed E-state index contributed by atoms with van der Waals surface area (Å²) in [6.45, 7) is 4.49. The van der Waals surface area contributed by atoms with Gasteiger partial charge in [0.15, 0.2) is 0 Å². The molecule has 1 N–H and O–H groups in total. The van der Waals surface area contributed by atoms with Gasteiger partial charge in [0.05, 0.1) is 5.75 Å². The van der Waals surface area contributed by atoms with E-state index in [0.29, 0.717) is 23.6 Å². The van der Waals surface area contributed by atoms with Crippen molar-refractivity contribution < 1.29 is 13.2 Å². The van der Waals surface area contributed by atoms with Crippen LogP contribution in [0.1, 0.15) is 23.1 Å². The molecule has 1 aliphatic rings. The number of hydrogen-bond acceptors (Lipinski definition) is 3. The fraction of sp³-hybridized carbons (Fsp3) is 0.316. The summed E-state index contributed by atoms with van der Waals surface area (Å²) in [5.74, 6) is -0.476. The molecule has 7 heteroatoms. The average Bonchev–Trinajstić information content (AvgIpc) is 2.92. The number of amides is 1. The first kappa shape index (κ1) is 18.9. The van der Waals surface area contributed by atoms with Gasteiger partial charge in [-0.25, -0.2) is 13.1 Å². The van der Waals surface area contributed by atoms with E-state index in [2.05, 4.69) is 4.72 Å². The van der Waals surface area contributed by atoms with Crippen LogP contribution >= 0.6 is 11.6 Å². The number of hydrogen-bond donors (Lipinski definition) is 1. The molecule has 1 heterocycles. The number of aryl methyl sites for hydroxylation is 2. The van der Waals surface area contributed by atoms with Crippen LogP contribution in [0.15, 0.2) is 42.5 Å². The molecule has 138 valence electrons. The molecule has 2 aromatic rings. The Labute approximate surface area is 159 Å². The number of carbonyl (C=O) groups is 1. The summed E-state index contributed by atoms with van der Waals surface area (Å²) < 4.78 is 27.4. The number of nitrogens with zero attached hydrogens (tertiary/aromatic N) is 1. The average molecular weight is 393 g/mol. The number of sulfonamides is 1. The molecule has 0 aromatic heterocycles. The predicted molar refractivity (Wildman–Crippen MR) is 104 cm³/mol. The van der Waals surface area contributed by atoms with Gasteiger partial charge in [0.2, 0.25) is 15.9 Å². The molecule has 0 saturated carbocycles. The topological polar surface area (TPSA) is 66.5 Å². The highest BCUT2D eigenvalue weighted by Crippen LogP contribution is 2.25. The fourth-order valence-electron chi connectivity index (χ4n) is 3.02. The van der Waals surface area contributed by atoms with E-state index in [1.54, 1.807) is 29.2 Å². The third-order valence-corrected chi connectivity index (χ3v) is 6.34. The zero-order valence-corrected chi connectivity index (χ0v) is 16.3. The first-order chi connectivity index (χ1) is 12.3. The molecule has 1 fully saturated rings. The summed E-state index contributed by atoms with van der Waals surface area (Å²) in [5.41, 5.74) is 3.56. The molecule has 5 nitrogen and oxygen atoms in total. The Balaban J connectivity index is 1.72. The number of benzene rings is 2. The highest BCUT2D eigenvalue weighted by atomic mass is 35.5.